The first kappa shape index (κ1) is 10.4. The Morgan fingerprint density at radius 3 is 2.20 bits per heavy atom. The van der Waals surface area contributed by atoms with E-state index in [-0.39, 0.29) is 0 Å². The molecule has 0 aliphatic carbocycles. The molecule has 0 saturated heterocycles. The van der Waals surface area contributed by atoms with Gasteiger partial charge >= 0.3 is 0 Å². The van der Waals surface area contributed by atoms with Crippen LogP contribution in [0.15, 0.2) is 24.3 Å². The van der Waals surface area contributed by atoms with Crippen LogP contribution >= 0.6 is 12.2 Å². The fraction of sp³-hybridized carbons (Fsp3) is 0.417. The summed E-state index contributed by atoms with van der Waals surface area (Å²) in [4.78, 5) is 2.25. The van der Waals surface area contributed by atoms with Gasteiger partial charge in [0.2, 0.25) is 0 Å². The second-order valence-corrected chi connectivity index (χ2v) is 4.20. The first-order valence-corrected chi connectivity index (χ1v) is 5.75. The highest BCUT2D eigenvalue weighted by molar-refractivity contribution is 7.80. The zero-order valence-electron chi connectivity index (χ0n) is 8.99. The van der Waals surface area contributed by atoms with Crippen LogP contribution in [0.2, 0.25) is 0 Å². The average Bonchev–Trinajstić information content (AvgIpc) is 2.50. The van der Waals surface area contributed by atoms with Crippen molar-refractivity contribution < 1.29 is 0 Å². The monoisotopic (exact) mass is 220 g/mol. The lowest BCUT2D eigenvalue weighted by atomic mass is 10.0. The topological polar surface area (TPSA) is 15.3 Å². The molecule has 0 fully saturated rings. The van der Waals surface area contributed by atoms with Crippen LogP contribution in [0.4, 0.5) is 0 Å². The summed E-state index contributed by atoms with van der Waals surface area (Å²) in [6.07, 6.45) is 2.19. The summed E-state index contributed by atoms with van der Waals surface area (Å²) in [6.45, 7) is 2.05. The molecule has 0 unspecified atom stereocenters. The normalized spacial score (nSPS) is 15.4. The number of fused-ring (bicyclic) bond motifs is 1. The SMILES string of the molecule is CNC(=S)N1CCc2ccccc2CC1. The predicted molar refractivity (Wildman–Crippen MR) is 67.1 cm³/mol. The Kier molecular flexibility index (Phi) is 3.21. The highest BCUT2D eigenvalue weighted by atomic mass is 32.1. The third kappa shape index (κ3) is 2.29. The van der Waals surface area contributed by atoms with Gasteiger partial charge in [-0.2, -0.15) is 0 Å². The second-order valence-electron chi connectivity index (χ2n) is 3.81. The largest absolute Gasteiger partial charge is 0.366 e. The molecule has 1 N–H and O–H groups in total. The number of thiocarbonyl (C=S) groups is 1. The Labute approximate surface area is 96.3 Å². The Morgan fingerprint density at radius 2 is 1.73 bits per heavy atom. The van der Waals surface area contributed by atoms with Crippen molar-refractivity contribution in [3.63, 3.8) is 0 Å². The van der Waals surface area contributed by atoms with Crippen LogP contribution in [0.5, 0.6) is 0 Å². The number of hydrogen-bond acceptors (Lipinski definition) is 1. The van der Waals surface area contributed by atoms with Gasteiger partial charge < -0.3 is 10.2 Å². The maximum atomic E-state index is 5.26. The van der Waals surface area contributed by atoms with E-state index >= 15 is 0 Å². The lowest BCUT2D eigenvalue weighted by Crippen LogP contribution is -2.39. The smallest absolute Gasteiger partial charge is 0.168 e. The molecular formula is C12H16N2S. The second kappa shape index (κ2) is 4.62. The average molecular weight is 220 g/mol. The van der Waals surface area contributed by atoms with Crippen molar-refractivity contribution in [3.8, 4) is 0 Å². The van der Waals surface area contributed by atoms with Crippen molar-refractivity contribution in [2.75, 3.05) is 20.1 Å². The summed E-state index contributed by atoms with van der Waals surface area (Å²) in [5.41, 5.74) is 2.94. The molecule has 1 aliphatic rings. The van der Waals surface area contributed by atoms with Gasteiger partial charge in [-0.25, -0.2) is 0 Å². The first-order chi connectivity index (χ1) is 7.31. The highest BCUT2D eigenvalue weighted by Crippen LogP contribution is 2.15. The number of nitrogens with one attached hydrogen (secondary N) is 1. The summed E-state index contributed by atoms with van der Waals surface area (Å²) in [5.74, 6) is 0. The molecule has 1 aromatic rings. The van der Waals surface area contributed by atoms with E-state index in [1.54, 1.807) is 0 Å². The molecule has 1 heterocycles. The maximum Gasteiger partial charge on any atom is 0.168 e. The number of nitrogens with zero attached hydrogens (tertiary/aromatic N) is 1. The summed E-state index contributed by atoms with van der Waals surface area (Å²) < 4.78 is 0. The minimum atomic E-state index is 0.864. The quantitative estimate of drug-likeness (QED) is 0.669. The van der Waals surface area contributed by atoms with E-state index in [1.807, 2.05) is 7.05 Å². The zero-order valence-corrected chi connectivity index (χ0v) is 9.81. The van der Waals surface area contributed by atoms with Gasteiger partial charge in [0.05, 0.1) is 0 Å². The lowest BCUT2D eigenvalue weighted by Gasteiger charge is -2.22. The van der Waals surface area contributed by atoms with E-state index in [4.69, 9.17) is 12.2 Å². The van der Waals surface area contributed by atoms with Crippen LogP contribution in [-0.2, 0) is 12.8 Å². The Balaban J connectivity index is 2.12. The van der Waals surface area contributed by atoms with Crippen LogP contribution in [-0.4, -0.2) is 30.1 Å². The van der Waals surface area contributed by atoms with Gasteiger partial charge in [-0.15, -0.1) is 0 Å². The van der Waals surface area contributed by atoms with Crippen molar-refractivity contribution in [2.24, 2.45) is 0 Å². The van der Waals surface area contributed by atoms with Gasteiger partial charge in [0.25, 0.3) is 0 Å². The van der Waals surface area contributed by atoms with E-state index in [9.17, 15) is 0 Å². The van der Waals surface area contributed by atoms with Gasteiger partial charge in [0.15, 0.2) is 5.11 Å². The Bertz CT molecular complexity index is 335. The van der Waals surface area contributed by atoms with Crippen molar-refractivity contribution in [1.29, 1.82) is 0 Å². The predicted octanol–water partition coefficient (Wildman–Crippen LogP) is 1.59. The molecule has 15 heavy (non-hydrogen) atoms. The summed E-state index contributed by atoms with van der Waals surface area (Å²) in [7, 11) is 1.89. The van der Waals surface area contributed by atoms with E-state index < -0.39 is 0 Å². The van der Waals surface area contributed by atoms with Crippen molar-refractivity contribution in [1.82, 2.24) is 10.2 Å². The Hall–Kier alpha value is -1.09. The number of hydrogen-bond donors (Lipinski definition) is 1. The molecule has 0 aromatic heterocycles. The van der Waals surface area contributed by atoms with E-state index in [0.717, 1.165) is 31.0 Å². The molecule has 80 valence electrons. The van der Waals surface area contributed by atoms with Crippen LogP contribution in [0.1, 0.15) is 11.1 Å². The van der Waals surface area contributed by atoms with Crippen LogP contribution < -0.4 is 5.32 Å². The number of benzene rings is 1. The van der Waals surface area contributed by atoms with Gasteiger partial charge in [-0.1, -0.05) is 24.3 Å². The summed E-state index contributed by atoms with van der Waals surface area (Å²) in [5, 5.41) is 3.91. The number of rotatable bonds is 0. The van der Waals surface area contributed by atoms with Crippen molar-refractivity contribution >= 4 is 17.3 Å². The first-order valence-electron chi connectivity index (χ1n) is 5.34. The maximum absolute atomic E-state index is 5.26. The van der Waals surface area contributed by atoms with Gasteiger partial charge in [-0.05, 0) is 36.2 Å². The van der Waals surface area contributed by atoms with Gasteiger partial charge in [0, 0.05) is 20.1 Å². The van der Waals surface area contributed by atoms with Crippen LogP contribution in [0.3, 0.4) is 0 Å². The standard InChI is InChI=1S/C12H16N2S/c1-13-12(15)14-8-6-10-4-2-3-5-11(10)7-9-14/h2-5H,6-9H2,1H3,(H,13,15). The van der Waals surface area contributed by atoms with E-state index in [1.165, 1.54) is 11.1 Å². The Morgan fingerprint density at radius 1 is 1.20 bits per heavy atom. The summed E-state index contributed by atoms with van der Waals surface area (Å²) in [6, 6.07) is 8.68. The summed E-state index contributed by atoms with van der Waals surface area (Å²) >= 11 is 5.26. The highest BCUT2D eigenvalue weighted by Gasteiger charge is 2.14. The molecule has 2 nitrogen and oxygen atoms in total. The van der Waals surface area contributed by atoms with E-state index in [0.29, 0.717) is 0 Å². The van der Waals surface area contributed by atoms with Gasteiger partial charge in [-0.3, -0.25) is 0 Å². The minimum Gasteiger partial charge on any atom is -0.366 e. The third-order valence-electron chi connectivity index (χ3n) is 2.92. The van der Waals surface area contributed by atoms with E-state index in [2.05, 4.69) is 34.5 Å². The van der Waals surface area contributed by atoms with Crippen molar-refractivity contribution in [2.45, 2.75) is 12.8 Å². The zero-order chi connectivity index (χ0) is 10.7. The fourth-order valence-electron chi connectivity index (χ4n) is 2.03. The van der Waals surface area contributed by atoms with Crippen molar-refractivity contribution in [3.05, 3.63) is 35.4 Å². The lowest BCUT2D eigenvalue weighted by molar-refractivity contribution is 0.435. The molecule has 1 aliphatic heterocycles. The molecule has 0 amide bonds. The molecule has 0 bridgehead atoms. The van der Waals surface area contributed by atoms with Crippen LogP contribution in [0.25, 0.3) is 0 Å². The molecule has 1 aromatic carbocycles. The minimum absolute atomic E-state index is 0.864. The van der Waals surface area contributed by atoms with Gasteiger partial charge in [0.1, 0.15) is 0 Å². The molecule has 0 spiro atoms. The molecule has 2 rings (SSSR count). The fourth-order valence-corrected chi connectivity index (χ4v) is 2.21. The molecule has 0 atom stereocenters. The van der Waals surface area contributed by atoms with Crippen LogP contribution in [0, 0.1) is 0 Å². The molecule has 0 radical (unpaired) electrons. The molecular weight excluding hydrogens is 204 g/mol. The molecule has 3 heteroatoms. The molecule has 0 saturated carbocycles. The third-order valence-corrected chi connectivity index (χ3v) is 3.38.